The molecule has 412 valence electrons. The van der Waals surface area contributed by atoms with Crippen LogP contribution in [0.15, 0.2) is 48.6 Å². The summed E-state index contributed by atoms with van der Waals surface area (Å²) >= 11 is 0. The molecule has 3 unspecified atom stereocenters. The van der Waals surface area contributed by atoms with Crippen molar-refractivity contribution in [3.8, 4) is 0 Å². The largest absolute Gasteiger partial charge is 0.756 e. The number of rotatable bonds is 55. The smallest absolute Gasteiger partial charge is 0.268 e. The molecule has 0 radical (unpaired) electrons. The number of aliphatic hydroxyl groups excluding tert-OH is 1. The maximum atomic E-state index is 13.0. The van der Waals surface area contributed by atoms with Crippen molar-refractivity contribution in [2.75, 3.05) is 40.9 Å². The molecule has 0 aliphatic heterocycles. The minimum absolute atomic E-state index is 0.00858. The Hall–Kier alpha value is -1.54. The van der Waals surface area contributed by atoms with E-state index in [4.69, 9.17) is 9.05 Å². The van der Waals surface area contributed by atoms with Gasteiger partial charge in [-0.25, -0.2) is 0 Å². The first-order valence-corrected chi connectivity index (χ1v) is 31.5. The van der Waals surface area contributed by atoms with Gasteiger partial charge in [0.2, 0.25) is 5.91 Å². The van der Waals surface area contributed by atoms with E-state index in [-0.39, 0.29) is 12.5 Å². The Morgan fingerprint density at radius 2 is 0.800 bits per heavy atom. The van der Waals surface area contributed by atoms with Crippen LogP contribution in [0.25, 0.3) is 0 Å². The molecule has 0 aromatic rings. The topological polar surface area (TPSA) is 108 Å². The van der Waals surface area contributed by atoms with Gasteiger partial charge in [0.05, 0.1) is 39.9 Å². The van der Waals surface area contributed by atoms with Gasteiger partial charge in [-0.1, -0.05) is 255 Å². The Morgan fingerprint density at radius 3 is 1.16 bits per heavy atom. The lowest BCUT2D eigenvalue weighted by atomic mass is 10.0. The van der Waals surface area contributed by atoms with Gasteiger partial charge < -0.3 is 28.8 Å². The molecule has 9 heteroatoms. The van der Waals surface area contributed by atoms with Crippen LogP contribution in [0.5, 0.6) is 0 Å². The summed E-state index contributed by atoms with van der Waals surface area (Å²) in [6, 6.07) is -0.910. The molecule has 0 fully saturated rings. The molecule has 0 saturated carbocycles. The third-order valence-electron chi connectivity index (χ3n) is 13.5. The van der Waals surface area contributed by atoms with E-state index < -0.39 is 26.6 Å². The summed E-state index contributed by atoms with van der Waals surface area (Å²) in [4.78, 5) is 25.5. The first kappa shape index (κ1) is 68.5. The summed E-state index contributed by atoms with van der Waals surface area (Å²) in [5.41, 5.74) is 0. The average Bonchev–Trinajstić information content (AvgIpc) is 3.32. The van der Waals surface area contributed by atoms with E-state index in [1.807, 2.05) is 27.2 Å². The van der Waals surface area contributed by atoms with Crippen molar-refractivity contribution < 1.29 is 32.9 Å². The van der Waals surface area contributed by atoms with Gasteiger partial charge in [-0.3, -0.25) is 9.36 Å². The normalized spacial score (nSPS) is 14.2. The van der Waals surface area contributed by atoms with Crippen LogP contribution < -0.4 is 10.2 Å². The van der Waals surface area contributed by atoms with Gasteiger partial charge >= 0.3 is 0 Å². The zero-order chi connectivity index (χ0) is 51.3. The van der Waals surface area contributed by atoms with Crippen molar-refractivity contribution in [1.29, 1.82) is 0 Å². The highest BCUT2D eigenvalue weighted by Gasteiger charge is 2.23. The Kier molecular flexibility index (Phi) is 51.2. The van der Waals surface area contributed by atoms with Crippen LogP contribution in [0.3, 0.4) is 0 Å². The highest BCUT2D eigenvalue weighted by atomic mass is 31.2. The van der Waals surface area contributed by atoms with Crippen molar-refractivity contribution >= 4 is 13.7 Å². The predicted octanol–water partition coefficient (Wildman–Crippen LogP) is 17.7. The highest BCUT2D eigenvalue weighted by Crippen LogP contribution is 2.38. The van der Waals surface area contributed by atoms with Gasteiger partial charge in [0.25, 0.3) is 7.82 Å². The minimum atomic E-state index is -4.61. The Bertz CT molecular complexity index is 1280. The van der Waals surface area contributed by atoms with Gasteiger partial charge in [0.15, 0.2) is 0 Å². The molecule has 3 atom stereocenters. The van der Waals surface area contributed by atoms with Crippen molar-refractivity contribution in [1.82, 2.24) is 5.32 Å². The zero-order valence-corrected chi connectivity index (χ0v) is 47.9. The van der Waals surface area contributed by atoms with E-state index in [2.05, 4.69) is 55.6 Å². The number of nitrogens with one attached hydrogen (secondary N) is 1. The van der Waals surface area contributed by atoms with Crippen molar-refractivity contribution in [3.63, 3.8) is 0 Å². The van der Waals surface area contributed by atoms with Crippen LogP contribution in [0.1, 0.15) is 284 Å². The Morgan fingerprint density at radius 1 is 0.486 bits per heavy atom. The maximum Gasteiger partial charge on any atom is 0.268 e. The van der Waals surface area contributed by atoms with E-state index in [1.165, 1.54) is 218 Å². The fraction of sp³-hybridized carbons (Fsp3) is 0.852. The van der Waals surface area contributed by atoms with Gasteiger partial charge in [-0.05, 0) is 70.6 Å². The number of hydrogen-bond donors (Lipinski definition) is 2. The number of allylic oxidation sites excluding steroid dienone is 7. The van der Waals surface area contributed by atoms with Crippen LogP contribution in [0.4, 0.5) is 0 Å². The number of phosphoric acid groups is 1. The third kappa shape index (κ3) is 54.2. The summed E-state index contributed by atoms with van der Waals surface area (Å²) in [6.07, 6.45) is 69.2. The number of nitrogens with zero attached hydrogens (tertiary/aromatic N) is 1. The van der Waals surface area contributed by atoms with E-state index in [0.29, 0.717) is 17.4 Å². The number of likely N-dealkylation sites (N-methyl/N-ethyl adjacent to an activating group) is 1. The lowest BCUT2D eigenvalue weighted by Crippen LogP contribution is -2.45. The van der Waals surface area contributed by atoms with Gasteiger partial charge in [0.1, 0.15) is 13.2 Å². The molecule has 0 aromatic carbocycles. The summed E-state index contributed by atoms with van der Waals surface area (Å²) in [6.45, 7) is 4.64. The number of phosphoric ester groups is 1. The van der Waals surface area contributed by atoms with Crippen molar-refractivity contribution in [2.45, 2.75) is 296 Å². The standard InChI is InChI=1S/C61H117N2O6P/c1-6-8-10-12-14-16-18-20-22-24-26-27-28-29-30-31-32-33-34-35-37-39-41-43-45-47-49-51-53-55-61(65)62-59(58-69-70(66,67)68-57-56-63(3,4)5)60(64)54-52-50-48-46-44-42-40-38-36-25-23-21-19-17-15-13-11-9-7-2/h24,26,36,38,44,46,52,54,59-60,64H,6-23,25,27-35,37,39-43,45,47-51,53,55-58H2,1-5H3,(H-,62,65,66,67)/b26-24-,38-36+,46-44+,54-52+. The lowest BCUT2D eigenvalue weighted by Gasteiger charge is -2.29. The van der Waals surface area contributed by atoms with Gasteiger partial charge in [0, 0.05) is 6.42 Å². The first-order valence-electron chi connectivity index (χ1n) is 30.0. The molecule has 2 N–H and O–H groups in total. The number of unbranched alkanes of at least 4 members (excludes halogenated alkanes) is 36. The number of amides is 1. The van der Waals surface area contributed by atoms with E-state index >= 15 is 0 Å². The molecule has 0 heterocycles. The molecule has 0 aliphatic carbocycles. The van der Waals surface area contributed by atoms with Crippen LogP contribution in [0, 0.1) is 0 Å². The number of aliphatic hydroxyl groups is 1. The highest BCUT2D eigenvalue weighted by molar-refractivity contribution is 7.45. The van der Waals surface area contributed by atoms with E-state index in [9.17, 15) is 19.4 Å². The zero-order valence-electron chi connectivity index (χ0n) is 47.0. The minimum Gasteiger partial charge on any atom is -0.756 e. The molecule has 8 nitrogen and oxygen atoms in total. The quantitative estimate of drug-likeness (QED) is 0.0272. The molecular formula is C61H117N2O6P. The summed E-state index contributed by atoms with van der Waals surface area (Å²) in [5.74, 6) is -0.208. The Balaban J connectivity index is 4.17. The summed E-state index contributed by atoms with van der Waals surface area (Å²) in [5, 5.41) is 13.9. The molecule has 0 aromatic heterocycles. The summed E-state index contributed by atoms with van der Waals surface area (Å²) in [7, 11) is 1.24. The number of hydrogen-bond acceptors (Lipinski definition) is 6. The Labute approximate surface area is 435 Å². The van der Waals surface area contributed by atoms with Crippen LogP contribution in [-0.2, 0) is 18.4 Å². The van der Waals surface area contributed by atoms with E-state index in [0.717, 1.165) is 44.9 Å². The lowest BCUT2D eigenvalue weighted by molar-refractivity contribution is -0.870. The second-order valence-electron chi connectivity index (χ2n) is 21.7. The molecule has 0 aliphatic rings. The molecule has 70 heavy (non-hydrogen) atoms. The number of quaternary nitrogens is 1. The summed E-state index contributed by atoms with van der Waals surface area (Å²) < 4.78 is 23.3. The van der Waals surface area contributed by atoms with Crippen LogP contribution in [0.2, 0.25) is 0 Å². The average molecular weight is 1010 g/mol. The fourth-order valence-corrected chi connectivity index (χ4v) is 9.49. The molecule has 1 amide bonds. The molecule has 0 saturated heterocycles. The van der Waals surface area contributed by atoms with Crippen LogP contribution in [-0.4, -0.2) is 68.5 Å². The van der Waals surface area contributed by atoms with E-state index in [1.54, 1.807) is 6.08 Å². The SMILES string of the molecule is CCCCCCCCCC/C=C\CCCCCCCCCCCCCCCCCCCC(=O)NC(COP(=O)([O-])OCC[N+](C)(C)C)C(O)/C=C/CC/C=C/CC/C=C/CCCCCCCCCCC. The monoisotopic (exact) mass is 1000 g/mol. The first-order chi connectivity index (χ1) is 34.0. The second-order valence-corrected chi connectivity index (χ2v) is 23.1. The van der Waals surface area contributed by atoms with Crippen molar-refractivity contribution in [2.24, 2.45) is 0 Å². The molecule has 0 bridgehead atoms. The third-order valence-corrected chi connectivity index (χ3v) is 14.5. The second kappa shape index (κ2) is 52.3. The maximum absolute atomic E-state index is 13.0. The van der Waals surface area contributed by atoms with Gasteiger partial charge in [-0.15, -0.1) is 0 Å². The van der Waals surface area contributed by atoms with Crippen molar-refractivity contribution in [3.05, 3.63) is 48.6 Å². The number of carbonyl (C=O) groups is 1. The molecular weight excluding hydrogens is 888 g/mol. The van der Waals surface area contributed by atoms with Crippen LogP contribution >= 0.6 is 7.82 Å². The predicted molar refractivity (Wildman–Crippen MR) is 302 cm³/mol. The van der Waals surface area contributed by atoms with Gasteiger partial charge in [-0.2, -0.15) is 0 Å². The number of carbonyl (C=O) groups excluding carboxylic acids is 1. The fourth-order valence-electron chi connectivity index (χ4n) is 8.77. The molecule has 0 rings (SSSR count). The molecule has 0 spiro atoms.